The van der Waals surface area contributed by atoms with E-state index in [1.165, 1.54) is 0 Å². The fourth-order valence-corrected chi connectivity index (χ4v) is 3.78. The van der Waals surface area contributed by atoms with Crippen molar-refractivity contribution < 1.29 is 33.3 Å². The third-order valence-electron chi connectivity index (χ3n) is 5.29. The van der Waals surface area contributed by atoms with Crippen LogP contribution in [-0.4, -0.2) is 36.5 Å². The van der Waals surface area contributed by atoms with Gasteiger partial charge in [-0.15, -0.1) is 0 Å². The number of rotatable bonds is 5. The van der Waals surface area contributed by atoms with Gasteiger partial charge >= 0.3 is 5.97 Å². The van der Waals surface area contributed by atoms with Crippen LogP contribution in [0.15, 0.2) is 42.5 Å². The molecular weight excluding hydrogens is 402 g/mol. The van der Waals surface area contributed by atoms with Crippen molar-refractivity contribution in [3.8, 4) is 28.7 Å². The molecule has 0 saturated heterocycles. The summed E-state index contributed by atoms with van der Waals surface area (Å²) in [6, 6.07) is 12.2. The summed E-state index contributed by atoms with van der Waals surface area (Å²) in [7, 11) is 0. The Morgan fingerprint density at radius 2 is 1.52 bits per heavy atom. The summed E-state index contributed by atoms with van der Waals surface area (Å²) in [5.74, 6) is 1.52. The predicted octanol–water partition coefficient (Wildman–Crippen LogP) is 3.59. The lowest BCUT2D eigenvalue weighted by molar-refractivity contribution is 0.0474. The Morgan fingerprint density at radius 1 is 0.871 bits per heavy atom. The molecule has 8 heteroatoms. The van der Waals surface area contributed by atoms with Gasteiger partial charge in [0.15, 0.2) is 29.6 Å². The number of hydrogen-bond donors (Lipinski definition) is 0. The minimum absolute atomic E-state index is 0.116. The van der Waals surface area contributed by atoms with E-state index in [4.69, 9.17) is 23.7 Å². The molecule has 0 aliphatic carbocycles. The van der Waals surface area contributed by atoms with Crippen LogP contribution in [0.3, 0.4) is 0 Å². The largest absolute Gasteiger partial charge is 0.454 e. The number of aryl methyl sites for hydroxylation is 1. The molecule has 1 aromatic heterocycles. The number of benzene rings is 2. The van der Waals surface area contributed by atoms with Gasteiger partial charge in [-0.2, -0.15) is 0 Å². The van der Waals surface area contributed by atoms with E-state index in [-0.39, 0.29) is 26.0 Å². The Morgan fingerprint density at radius 3 is 2.26 bits per heavy atom. The first kappa shape index (κ1) is 19.0. The van der Waals surface area contributed by atoms with Gasteiger partial charge in [0.1, 0.15) is 0 Å². The SMILES string of the molecule is Cc1cc(C(=O)COC(=O)c2ccc3c(c2)OCO3)c(C)n1-c1ccc2c(c1)OCO2. The average Bonchev–Trinajstić information content (AvgIpc) is 3.49. The van der Waals surface area contributed by atoms with Crippen LogP contribution in [0, 0.1) is 13.8 Å². The van der Waals surface area contributed by atoms with Gasteiger partial charge in [0.2, 0.25) is 19.4 Å². The van der Waals surface area contributed by atoms with Crippen molar-refractivity contribution in [3.63, 3.8) is 0 Å². The zero-order chi connectivity index (χ0) is 21.5. The zero-order valence-corrected chi connectivity index (χ0v) is 17.0. The molecule has 2 aromatic carbocycles. The summed E-state index contributed by atoms with van der Waals surface area (Å²) in [5.41, 5.74) is 3.27. The highest BCUT2D eigenvalue weighted by Crippen LogP contribution is 2.35. The lowest BCUT2D eigenvalue weighted by Gasteiger charge is -2.11. The predicted molar refractivity (Wildman–Crippen MR) is 109 cm³/mol. The van der Waals surface area contributed by atoms with Gasteiger partial charge < -0.3 is 28.3 Å². The maximum absolute atomic E-state index is 12.8. The molecule has 0 saturated carbocycles. The molecule has 8 nitrogen and oxygen atoms in total. The van der Waals surface area contributed by atoms with E-state index in [1.54, 1.807) is 24.3 Å². The first-order valence-electron chi connectivity index (χ1n) is 9.70. The first-order chi connectivity index (χ1) is 15.0. The lowest BCUT2D eigenvalue weighted by atomic mass is 10.1. The van der Waals surface area contributed by atoms with Crippen LogP contribution in [0.1, 0.15) is 32.1 Å². The van der Waals surface area contributed by atoms with Crippen molar-refractivity contribution in [1.82, 2.24) is 4.57 Å². The van der Waals surface area contributed by atoms with Crippen molar-refractivity contribution in [1.29, 1.82) is 0 Å². The van der Waals surface area contributed by atoms with Crippen LogP contribution < -0.4 is 18.9 Å². The van der Waals surface area contributed by atoms with E-state index in [0.29, 0.717) is 34.1 Å². The highest BCUT2D eigenvalue weighted by atomic mass is 16.7. The molecule has 3 aromatic rings. The van der Waals surface area contributed by atoms with Crippen molar-refractivity contribution in [2.75, 3.05) is 20.2 Å². The zero-order valence-electron chi connectivity index (χ0n) is 17.0. The molecule has 0 radical (unpaired) electrons. The first-order valence-corrected chi connectivity index (χ1v) is 9.70. The number of aromatic nitrogens is 1. The maximum atomic E-state index is 12.8. The van der Waals surface area contributed by atoms with Crippen LogP contribution in [0.2, 0.25) is 0 Å². The fourth-order valence-electron chi connectivity index (χ4n) is 3.78. The minimum Gasteiger partial charge on any atom is -0.454 e. The quantitative estimate of drug-likeness (QED) is 0.460. The molecule has 0 amide bonds. The standard InChI is InChI=1S/C23H19NO7/c1-13-7-17(14(2)24(13)16-4-6-20-22(9-16)31-12-29-20)18(25)10-27-23(26)15-3-5-19-21(8-15)30-11-28-19/h3-9H,10-12H2,1-2H3. The molecule has 3 heterocycles. The maximum Gasteiger partial charge on any atom is 0.338 e. The molecule has 5 rings (SSSR count). The van der Waals surface area contributed by atoms with Crippen molar-refractivity contribution in [2.45, 2.75) is 13.8 Å². The van der Waals surface area contributed by atoms with Crippen LogP contribution in [0.5, 0.6) is 23.0 Å². The monoisotopic (exact) mass is 421 g/mol. The summed E-state index contributed by atoms with van der Waals surface area (Å²) in [4.78, 5) is 25.2. The van der Waals surface area contributed by atoms with Crippen molar-refractivity contribution >= 4 is 11.8 Å². The second-order valence-corrected chi connectivity index (χ2v) is 7.23. The number of carbonyl (C=O) groups excluding carboxylic acids is 2. The number of ketones is 1. The summed E-state index contributed by atoms with van der Waals surface area (Å²) in [6.45, 7) is 3.71. The Balaban J connectivity index is 1.32. The van der Waals surface area contributed by atoms with Gasteiger partial charge in [0.05, 0.1) is 5.56 Å². The van der Waals surface area contributed by atoms with Gasteiger partial charge in [0, 0.05) is 28.7 Å². The minimum atomic E-state index is -0.601. The van der Waals surface area contributed by atoms with E-state index in [0.717, 1.165) is 17.1 Å². The van der Waals surface area contributed by atoms with Crippen LogP contribution in [0.4, 0.5) is 0 Å². The average molecular weight is 421 g/mol. The molecule has 0 atom stereocenters. The molecule has 158 valence electrons. The highest BCUT2D eigenvalue weighted by Gasteiger charge is 2.22. The third-order valence-corrected chi connectivity index (χ3v) is 5.29. The summed E-state index contributed by atoms with van der Waals surface area (Å²) >= 11 is 0. The number of Topliss-reactive ketones (excluding diaryl/α,β-unsaturated/α-hetero) is 1. The second-order valence-electron chi connectivity index (χ2n) is 7.23. The Kier molecular flexibility index (Phi) is 4.54. The molecule has 0 N–H and O–H groups in total. The molecule has 2 aliphatic rings. The molecule has 0 fully saturated rings. The lowest BCUT2D eigenvalue weighted by Crippen LogP contribution is -2.15. The van der Waals surface area contributed by atoms with Crippen LogP contribution in [0.25, 0.3) is 5.69 Å². The Hall–Kier alpha value is -3.94. The normalized spacial score (nSPS) is 13.4. The molecule has 0 spiro atoms. The van der Waals surface area contributed by atoms with Gasteiger partial charge in [-0.05, 0) is 50.2 Å². The number of hydrogen-bond acceptors (Lipinski definition) is 7. The Labute approximate surface area is 177 Å². The van der Waals surface area contributed by atoms with Gasteiger partial charge in [0.25, 0.3) is 0 Å². The molecular formula is C23H19NO7. The number of nitrogens with zero attached hydrogens (tertiary/aromatic N) is 1. The number of esters is 1. The topological polar surface area (TPSA) is 85.2 Å². The van der Waals surface area contributed by atoms with Gasteiger partial charge in [-0.25, -0.2) is 4.79 Å². The van der Waals surface area contributed by atoms with E-state index < -0.39 is 5.97 Å². The van der Waals surface area contributed by atoms with Crippen LogP contribution in [-0.2, 0) is 4.74 Å². The van der Waals surface area contributed by atoms with E-state index in [1.807, 2.05) is 36.6 Å². The molecule has 0 unspecified atom stereocenters. The highest BCUT2D eigenvalue weighted by molar-refractivity contribution is 6.00. The van der Waals surface area contributed by atoms with E-state index in [2.05, 4.69) is 0 Å². The smallest absolute Gasteiger partial charge is 0.338 e. The Bertz CT molecular complexity index is 1210. The number of fused-ring (bicyclic) bond motifs is 2. The van der Waals surface area contributed by atoms with Crippen LogP contribution >= 0.6 is 0 Å². The van der Waals surface area contributed by atoms with Crippen molar-refractivity contribution in [3.05, 3.63) is 65.0 Å². The van der Waals surface area contributed by atoms with Crippen molar-refractivity contribution in [2.24, 2.45) is 0 Å². The number of ether oxygens (including phenoxy) is 5. The summed E-state index contributed by atoms with van der Waals surface area (Å²) in [6.07, 6.45) is 0. The van der Waals surface area contributed by atoms with E-state index in [9.17, 15) is 9.59 Å². The summed E-state index contributed by atoms with van der Waals surface area (Å²) in [5, 5.41) is 0. The summed E-state index contributed by atoms with van der Waals surface area (Å²) < 4.78 is 28.5. The molecule has 0 bridgehead atoms. The van der Waals surface area contributed by atoms with Gasteiger partial charge in [-0.1, -0.05) is 0 Å². The molecule has 31 heavy (non-hydrogen) atoms. The van der Waals surface area contributed by atoms with E-state index >= 15 is 0 Å². The second kappa shape index (κ2) is 7.39. The molecule has 2 aliphatic heterocycles. The fraction of sp³-hybridized carbons (Fsp3) is 0.217. The number of carbonyl (C=O) groups is 2. The van der Waals surface area contributed by atoms with Gasteiger partial charge in [-0.3, -0.25) is 4.79 Å². The third kappa shape index (κ3) is 3.35.